The smallest absolute Gasteiger partial charge is 0.0716 e. The van der Waals surface area contributed by atoms with Gasteiger partial charge in [0, 0.05) is 25.9 Å². The molecule has 4 nitrogen and oxygen atoms in total. The van der Waals surface area contributed by atoms with Gasteiger partial charge in [-0.05, 0) is 44.0 Å². The average Bonchev–Trinajstić information content (AvgIpc) is 2.79. The number of hydrogen-bond acceptors (Lipinski definition) is 3. The minimum absolute atomic E-state index is 0.670. The van der Waals surface area contributed by atoms with Crippen molar-refractivity contribution < 1.29 is 4.74 Å². The summed E-state index contributed by atoms with van der Waals surface area (Å²) in [4.78, 5) is 0. The molecule has 2 rings (SSSR count). The molecule has 0 atom stereocenters. The zero-order valence-corrected chi connectivity index (χ0v) is 13.2. The van der Waals surface area contributed by atoms with Crippen LogP contribution in [0.15, 0.2) is 30.3 Å². The van der Waals surface area contributed by atoms with E-state index < -0.39 is 0 Å². The van der Waals surface area contributed by atoms with E-state index in [2.05, 4.69) is 52.4 Å². The third-order valence-electron chi connectivity index (χ3n) is 3.56. The monoisotopic (exact) mass is 287 g/mol. The molecule has 0 aliphatic rings. The summed E-state index contributed by atoms with van der Waals surface area (Å²) < 4.78 is 7.31. The van der Waals surface area contributed by atoms with Gasteiger partial charge in [-0.3, -0.25) is 4.68 Å². The highest BCUT2D eigenvalue weighted by atomic mass is 16.5. The number of ether oxygens (including phenoxy) is 1. The topological polar surface area (TPSA) is 39.1 Å². The van der Waals surface area contributed by atoms with Crippen LogP contribution in [0.2, 0.25) is 0 Å². The van der Waals surface area contributed by atoms with Crippen molar-refractivity contribution in [2.45, 2.75) is 40.0 Å². The van der Waals surface area contributed by atoms with E-state index in [1.54, 1.807) is 7.11 Å². The van der Waals surface area contributed by atoms with Crippen LogP contribution in [0.1, 0.15) is 28.9 Å². The third-order valence-corrected chi connectivity index (χ3v) is 3.56. The molecule has 1 N–H and O–H groups in total. The van der Waals surface area contributed by atoms with Gasteiger partial charge in [0.15, 0.2) is 0 Å². The molecule has 21 heavy (non-hydrogen) atoms. The molecule has 1 aromatic heterocycles. The minimum Gasteiger partial charge on any atom is -0.380 e. The lowest BCUT2D eigenvalue weighted by Crippen LogP contribution is -2.18. The van der Waals surface area contributed by atoms with Crippen LogP contribution in [0.5, 0.6) is 0 Å². The van der Waals surface area contributed by atoms with Crippen molar-refractivity contribution in [1.29, 1.82) is 0 Å². The Bertz CT molecular complexity index is 563. The Hall–Kier alpha value is -1.65. The Kier molecular flexibility index (Phi) is 5.96. The molecule has 0 bridgehead atoms. The third kappa shape index (κ3) is 4.69. The average molecular weight is 287 g/mol. The molecular formula is C17H25N3O. The van der Waals surface area contributed by atoms with Gasteiger partial charge in [-0.25, -0.2) is 0 Å². The zero-order valence-electron chi connectivity index (χ0n) is 13.2. The molecular weight excluding hydrogens is 262 g/mol. The molecule has 1 heterocycles. The maximum absolute atomic E-state index is 5.23. The van der Waals surface area contributed by atoms with Crippen molar-refractivity contribution >= 4 is 0 Å². The standard InChI is InChI=1S/C17H25N3O/c1-14-11-15(2)20(19-14)10-6-9-18-12-16-7-4-5-8-17(16)13-21-3/h4-5,7-8,11,18H,6,9-10,12-13H2,1-3H3. The van der Waals surface area contributed by atoms with Crippen LogP contribution in [0.4, 0.5) is 0 Å². The number of benzene rings is 1. The maximum atomic E-state index is 5.23. The second kappa shape index (κ2) is 7.96. The second-order valence-electron chi connectivity index (χ2n) is 5.38. The first-order chi connectivity index (χ1) is 10.2. The van der Waals surface area contributed by atoms with Crippen molar-refractivity contribution in [1.82, 2.24) is 15.1 Å². The summed E-state index contributed by atoms with van der Waals surface area (Å²) in [6, 6.07) is 10.5. The SMILES string of the molecule is COCc1ccccc1CNCCCn1nc(C)cc1C. The molecule has 0 spiro atoms. The molecule has 0 aliphatic carbocycles. The Morgan fingerprint density at radius 1 is 1.19 bits per heavy atom. The van der Waals surface area contributed by atoms with Crippen molar-refractivity contribution in [3.05, 3.63) is 52.8 Å². The molecule has 114 valence electrons. The van der Waals surface area contributed by atoms with Crippen LogP contribution >= 0.6 is 0 Å². The van der Waals surface area contributed by atoms with Crippen LogP contribution in [0.3, 0.4) is 0 Å². The molecule has 4 heteroatoms. The van der Waals surface area contributed by atoms with Crippen LogP contribution in [0, 0.1) is 13.8 Å². The number of rotatable bonds is 8. The fourth-order valence-electron chi connectivity index (χ4n) is 2.50. The van der Waals surface area contributed by atoms with Crippen LogP contribution in [0.25, 0.3) is 0 Å². The molecule has 0 saturated carbocycles. The zero-order chi connectivity index (χ0) is 15.1. The van der Waals surface area contributed by atoms with E-state index in [-0.39, 0.29) is 0 Å². The molecule has 0 unspecified atom stereocenters. The number of hydrogen-bond donors (Lipinski definition) is 1. The van der Waals surface area contributed by atoms with Gasteiger partial charge in [-0.15, -0.1) is 0 Å². The summed E-state index contributed by atoms with van der Waals surface area (Å²) in [6.45, 7) is 7.65. The molecule has 2 aromatic rings. The second-order valence-corrected chi connectivity index (χ2v) is 5.38. The molecule has 0 radical (unpaired) electrons. The maximum Gasteiger partial charge on any atom is 0.0716 e. The minimum atomic E-state index is 0.670. The molecule has 0 amide bonds. The van der Waals surface area contributed by atoms with E-state index in [0.717, 1.165) is 31.7 Å². The van der Waals surface area contributed by atoms with Gasteiger partial charge in [0.05, 0.1) is 12.3 Å². The fraction of sp³-hybridized carbons (Fsp3) is 0.471. The molecule has 0 aliphatic heterocycles. The number of methoxy groups -OCH3 is 1. The van der Waals surface area contributed by atoms with Crippen LogP contribution in [-0.2, 0) is 24.4 Å². The van der Waals surface area contributed by atoms with Gasteiger partial charge in [0.2, 0.25) is 0 Å². The Balaban J connectivity index is 1.74. The summed E-state index contributed by atoms with van der Waals surface area (Å²) in [6.07, 6.45) is 1.08. The fourth-order valence-corrected chi connectivity index (χ4v) is 2.50. The first-order valence-corrected chi connectivity index (χ1v) is 7.48. The van der Waals surface area contributed by atoms with Crippen LogP contribution in [-0.4, -0.2) is 23.4 Å². The molecule has 0 saturated heterocycles. The van der Waals surface area contributed by atoms with E-state index in [1.807, 2.05) is 6.92 Å². The predicted octanol–water partition coefficient (Wildman–Crippen LogP) is 2.83. The lowest BCUT2D eigenvalue weighted by molar-refractivity contribution is 0.184. The first-order valence-electron chi connectivity index (χ1n) is 7.48. The van der Waals surface area contributed by atoms with Gasteiger partial charge in [-0.1, -0.05) is 24.3 Å². The summed E-state index contributed by atoms with van der Waals surface area (Å²) in [7, 11) is 1.73. The Morgan fingerprint density at radius 3 is 2.62 bits per heavy atom. The number of nitrogens with zero attached hydrogens (tertiary/aromatic N) is 2. The van der Waals surface area contributed by atoms with E-state index in [1.165, 1.54) is 16.8 Å². The van der Waals surface area contributed by atoms with Gasteiger partial charge < -0.3 is 10.1 Å². The van der Waals surface area contributed by atoms with E-state index >= 15 is 0 Å². The van der Waals surface area contributed by atoms with Crippen molar-refractivity contribution in [3.8, 4) is 0 Å². The number of aromatic nitrogens is 2. The summed E-state index contributed by atoms with van der Waals surface area (Å²) in [5, 5.41) is 7.98. The van der Waals surface area contributed by atoms with Gasteiger partial charge in [-0.2, -0.15) is 5.10 Å². The normalized spacial score (nSPS) is 11.0. The van der Waals surface area contributed by atoms with Crippen molar-refractivity contribution in [2.24, 2.45) is 0 Å². The lowest BCUT2D eigenvalue weighted by Gasteiger charge is -2.10. The number of nitrogens with one attached hydrogen (secondary N) is 1. The van der Waals surface area contributed by atoms with Crippen molar-refractivity contribution in [2.75, 3.05) is 13.7 Å². The highest BCUT2D eigenvalue weighted by Crippen LogP contribution is 2.09. The van der Waals surface area contributed by atoms with Gasteiger partial charge in [0.25, 0.3) is 0 Å². The molecule has 0 fully saturated rings. The number of aryl methyl sites for hydroxylation is 3. The van der Waals surface area contributed by atoms with Crippen molar-refractivity contribution in [3.63, 3.8) is 0 Å². The lowest BCUT2D eigenvalue weighted by atomic mass is 10.1. The summed E-state index contributed by atoms with van der Waals surface area (Å²) in [5.74, 6) is 0. The van der Waals surface area contributed by atoms with E-state index in [9.17, 15) is 0 Å². The Morgan fingerprint density at radius 2 is 1.95 bits per heavy atom. The molecule has 1 aromatic carbocycles. The predicted molar refractivity (Wildman–Crippen MR) is 85.2 cm³/mol. The van der Waals surface area contributed by atoms with E-state index in [4.69, 9.17) is 4.74 Å². The highest BCUT2D eigenvalue weighted by molar-refractivity contribution is 5.26. The van der Waals surface area contributed by atoms with Gasteiger partial charge >= 0.3 is 0 Å². The quantitative estimate of drug-likeness (QED) is 0.759. The highest BCUT2D eigenvalue weighted by Gasteiger charge is 2.02. The van der Waals surface area contributed by atoms with E-state index in [0.29, 0.717) is 6.61 Å². The largest absolute Gasteiger partial charge is 0.380 e. The summed E-state index contributed by atoms with van der Waals surface area (Å²) >= 11 is 0. The van der Waals surface area contributed by atoms with Crippen LogP contribution < -0.4 is 5.32 Å². The summed E-state index contributed by atoms with van der Waals surface area (Å²) in [5.41, 5.74) is 4.89. The first kappa shape index (κ1) is 15.7. The Labute approximate surface area is 127 Å². The van der Waals surface area contributed by atoms with Gasteiger partial charge in [0.1, 0.15) is 0 Å².